The fourth-order valence-corrected chi connectivity index (χ4v) is 2.08. The van der Waals surface area contributed by atoms with Crippen LogP contribution in [0.4, 0.5) is 4.79 Å². The SMILES string of the molecule is CC(NC(=O)CN1C(=O)CNC1=O)(C(=O)O)C1CC1. The second-order valence-corrected chi connectivity index (χ2v) is 4.97. The van der Waals surface area contributed by atoms with Crippen LogP contribution in [0.3, 0.4) is 0 Å². The van der Waals surface area contributed by atoms with Crippen LogP contribution in [0, 0.1) is 5.92 Å². The molecule has 1 saturated carbocycles. The Morgan fingerprint density at radius 3 is 2.53 bits per heavy atom. The Balaban J connectivity index is 1.98. The minimum atomic E-state index is -1.34. The van der Waals surface area contributed by atoms with Crippen LogP contribution in [0.2, 0.25) is 0 Å². The molecule has 0 radical (unpaired) electrons. The number of imide groups is 1. The zero-order valence-electron chi connectivity index (χ0n) is 10.4. The number of amides is 4. The van der Waals surface area contributed by atoms with E-state index in [1.165, 1.54) is 6.92 Å². The summed E-state index contributed by atoms with van der Waals surface area (Å²) < 4.78 is 0. The topological polar surface area (TPSA) is 116 Å². The molecule has 0 aromatic heterocycles. The Morgan fingerprint density at radius 2 is 2.11 bits per heavy atom. The monoisotopic (exact) mass is 269 g/mol. The van der Waals surface area contributed by atoms with Crippen LogP contribution in [0.15, 0.2) is 0 Å². The van der Waals surface area contributed by atoms with E-state index in [0.717, 1.165) is 17.7 Å². The third-order valence-electron chi connectivity index (χ3n) is 3.48. The molecule has 4 amide bonds. The van der Waals surface area contributed by atoms with Gasteiger partial charge in [0.2, 0.25) is 5.91 Å². The first-order chi connectivity index (χ1) is 8.84. The van der Waals surface area contributed by atoms with Gasteiger partial charge in [-0.1, -0.05) is 0 Å². The number of hydrogen-bond donors (Lipinski definition) is 3. The molecule has 2 rings (SSSR count). The van der Waals surface area contributed by atoms with Gasteiger partial charge in [0.15, 0.2) is 0 Å². The molecule has 19 heavy (non-hydrogen) atoms. The molecule has 1 atom stereocenters. The number of nitrogens with zero attached hydrogens (tertiary/aromatic N) is 1. The number of carboxylic acid groups (broad SMARTS) is 1. The van der Waals surface area contributed by atoms with Crippen LogP contribution in [0.1, 0.15) is 19.8 Å². The van der Waals surface area contributed by atoms with E-state index in [-0.39, 0.29) is 12.5 Å². The maximum absolute atomic E-state index is 11.8. The van der Waals surface area contributed by atoms with Gasteiger partial charge in [0.05, 0.1) is 6.54 Å². The summed E-state index contributed by atoms with van der Waals surface area (Å²) in [4.78, 5) is 46.4. The standard InChI is InChI=1S/C11H15N3O5/c1-11(9(17)18,6-2-3-6)13-7(15)5-14-8(16)4-12-10(14)19/h6H,2-5H2,1H3,(H,12,19)(H,13,15)(H,17,18). The number of carbonyl (C=O) groups excluding carboxylic acids is 3. The van der Waals surface area contributed by atoms with Crippen molar-refractivity contribution in [3.05, 3.63) is 0 Å². The van der Waals surface area contributed by atoms with Gasteiger partial charge in [0.1, 0.15) is 12.1 Å². The molecule has 1 unspecified atom stereocenters. The van der Waals surface area contributed by atoms with Gasteiger partial charge < -0.3 is 15.7 Å². The number of carbonyl (C=O) groups is 4. The summed E-state index contributed by atoms with van der Waals surface area (Å²) in [5.74, 6) is -2.36. The van der Waals surface area contributed by atoms with Gasteiger partial charge >= 0.3 is 12.0 Å². The molecule has 2 aliphatic rings. The van der Waals surface area contributed by atoms with E-state index in [2.05, 4.69) is 10.6 Å². The highest BCUT2D eigenvalue weighted by Crippen LogP contribution is 2.39. The van der Waals surface area contributed by atoms with Crippen molar-refractivity contribution in [2.75, 3.05) is 13.1 Å². The van der Waals surface area contributed by atoms with Crippen molar-refractivity contribution in [3.63, 3.8) is 0 Å². The lowest BCUT2D eigenvalue weighted by molar-refractivity contribution is -0.148. The van der Waals surface area contributed by atoms with Crippen molar-refractivity contribution in [1.82, 2.24) is 15.5 Å². The predicted octanol–water partition coefficient (Wildman–Crippen LogP) is -1.09. The summed E-state index contributed by atoms with van der Waals surface area (Å²) in [6, 6.07) is -0.636. The Kier molecular flexibility index (Phi) is 3.17. The average Bonchev–Trinajstić information content (AvgIpc) is 3.12. The van der Waals surface area contributed by atoms with Crippen molar-refractivity contribution >= 4 is 23.8 Å². The molecule has 0 aromatic rings. The molecule has 3 N–H and O–H groups in total. The second-order valence-electron chi connectivity index (χ2n) is 4.97. The highest BCUT2D eigenvalue weighted by Gasteiger charge is 2.48. The van der Waals surface area contributed by atoms with Gasteiger partial charge in [0, 0.05) is 0 Å². The summed E-state index contributed by atoms with van der Waals surface area (Å²) in [6.07, 6.45) is 1.48. The molecular weight excluding hydrogens is 254 g/mol. The third kappa shape index (κ3) is 2.51. The molecule has 1 aliphatic carbocycles. The lowest BCUT2D eigenvalue weighted by Crippen LogP contribution is -2.56. The van der Waals surface area contributed by atoms with Crippen molar-refractivity contribution in [1.29, 1.82) is 0 Å². The van der Waals surface area contributed by atoms with Gasteiger partial charge in [-0.2, -0.15) is 0 Å². The highest BCUT2D eigenvalue weighted by atomic mass is 16.4. The maximum Gasteiger partial charge on any atom is 0.329 e. The first-order valence-corrected chi connectivity index (χ1v) is 5.97. The molecule has 2 fully saturated rings. The number of hydrogen-bond acceptors (Lipinski definition) is 4. The quantitative estimate of drug-likeness (QED) is 0.548. The molecule has 0 spiro atoms. The minimum absolute atomic E-state index is 0.0999. The van der Waals surface area contributed by atoms with E-state index in [0.29, 0.717) is 0 Å². The zero-order chi connectivity index (χ0) is 14.2. The first-order valence-electron chi connectivity index (χ1n) is 5.97. The molecule has 1 saturated heterocycles. The van der Waals surface area contributed by atoms with Crippen LogP contribution in [0.25, 0.3) is 0 Å². The van der Waals surface area contributed by atoms with Gasteiger partial charge in [-0.25, -0.2) is 9.59 Å². The highest BCUT2D eigenvalue weighted by molar-refractivity contribution is 6.04. The van der Waals surface area contributed by atoms with Gasteiger partial charge in [-0.15, -0.1) is 0 Å². The summed E-state index contributed by atoms with van der Waals surface area (Å²) in [5.41, 5.74) is -1.34. The van der Waals surface area contributed by atoms with Crippen molar-refractivity contribution < 1.29 is 24.3 Å². The normalized spacial score (nSPS) is 21.8. The molecule has 1 heterocycles. The fraction of sp³-hybridized carbons (Fsp3) is 0.636. The summed E-state index contributed by atoms with van der Waals surface area (Å²) in [7, 11) is 0. The summed E-state index contributed by atoms with van der Waals surface area (Å²) >= 11 is 0. The third-order valence-corrected chi connectivity index (χ3v) is 3.48. The number of urea groups is 1. The van der Waals surface area contributed by atoms with Gasteiger partial charge in [-0.05, 0) is 25.7 Å². The molecule has 1 aliphatic heterocycles. The molecule has 8 nitrogen and oxygen atoms in total. The lowest BCUT2D eigenvalue weighted by Gasteiger charge is -2.26. The van der Waals surface area contributed by atoms with Crippen LogP contribution in [0.5, 0.6) is 0 Å². The van der Waals surface area contributed by atoms with Gasteiger partial charge in [-0.3, -0.25) is 14.5 Å². The number of rotatable bonds is 5. The Labute approximate surface area is 109 Å². The van der Waals surface area contributed by atoms with Crippen molar-refractivity contribution in [3.8, 4) is 0 Å². The van der Waals surface area contributed by atoms with Crippen LogP contribution in [-0.4, -0.2) is 52.4 Å². The lowest BCUT2D eigenvalue weighted by atomic mass is 9.96. The first kappa shape index (κ1) is 13.3. The van der Waals surface area contributed by atoms with E-state index in [1.807, 2.05) is 0 Å². The average molecular weight is 269 g/mol. The largest absolute Gasteiger partial charge is 0.480 e. The molecule has 0 bridgehead atoms. The fourth-order valence-electron chi connectivity index (χ4n) is 2.08. The van der Waals surface area contributed by atoms with E-state index in [9.17, 15) is 24.3 Å². The minimum Gasteiger partial charge on any atom is -0.480 e. The zero-order valence-corrected chi connectivity index (χ0v) is 10.4. The van der Waals surface area contributed by atoms with Crippen LogP contribution < -0.4 is 10.6 Å². The Morgan fingerprint density at radius 1 is 1.47 bits per heavy atom. The summed E-state index contributed by atoms with van der Waals surface area (Å²) in [5, 5.41) is 13.9. The Hall–Kier alpha value is -2.12. The van der Waals surface area contributed by atoms with Gasteiger partial charge in [0.25, 0.3) is 5.91 Å². The maximum atomic E-state index is 11.8. The number of aliphatic carboxylic acids is 1. The predicted molar refractivity (Wildman–Crippen MR) is 62.0 cm³/mol. The molecule has 104 valence electrons. The van der Waals surface area contributed by atoms with Crippen LogP contribution in [-0.2, 0) is 14.4 Å². The van der Waals surface area contributed by atoms with Crippen molar-refractivity contribution in [2.24, 2.45) is 5.92 Å². The number of nitrogens with one attached hydrogen (secondary N) is 2. The van der Waals surface area contributed by atoms with Crippen LogP contribution >= 0.6 is 0 Å². The summed E-state index contributed by atoms with van der Waals surface area (Å²) in [6.45, 7) is 0.849. The second kappa shape index (κ2) is 4.52. The van der Waals surface area contributed by atoms with E-state index < -0.39 is 35.9 Å². The van der Waals surface area contributed by atoms with E-state index in [1.54, 1.807) is 0 Å². The molecule has 0 aromatic carbocycles. The smallest absolute Gasteiger partial charge is 0.329 e. The van der Waals surface area contributed by atoms with E-state index >= 15 is 0 Å². The number of carboxylic acids is 1. The molecule has 8 heteroatoms. The van der Waals surface area contributed by atoms with Crippen molar-refractivity contribution in [2.45, 2.75) is 25.3 Å². The Bertz CT molecular complexity index is 443. The van der Waals surface area contributed by atoms with E-state index in [4.69, 9.17) is 0 Å². The molecular formula is C11H15N3O5.